The van der Waals surface area contributed by atoms with Gasteiger partial charge in [0.1, 0.15) is 13.2 Å². The number of hydrogen-bond donors (Lipinski definition) is 2. The van der Waals surface area contributed by atoms with Crippen molar-refractivity contribution in [1.82, 2.24) is 5.32 Å². The number of likely N-dealkylation sites (N-methyl/N-ethyl adjacent to an activating group) is 1. The van der Waals surface area contributed by atoms with Crippen LogP contribution in [0, 0.1) is 0 Å². The van der Waals surface area contributed by atoms with Crippen LogP contribution in [0.15, 0.2) is 36.5 Å². The number of phosphoric acid groups is 1. The summed E-state index contributed by atoms with van der Waals surface area (Å²) in [6.45, 7) is 4.59. The Morgan fingerprint density at radius 2 is 1.03 bits per heavy atom. The van der Waals surface area contributed by atoms with Crippen molar-refractivity contribution in [3.8, 4) is 0 Å². The van der Waals surface area contributed by atoms with Gasteiger partial charge in [0.2, 0.25) is 5.91 Å². The first-order chi connectivity index (χ1) is 28.5. The van der Waals surface area contributed by atoms with E-state index in [1.54, 1.807) is 0 Å². The van der Waals surface area contributed by atoms with Gasteiger partial charge in [-0.2, -0.15) is 0 Å². The summed E-state index contributed by atoms with van der Waals surface area (Å²) in [5.74, 6) is -0.193. The lowest BCUT2D eigenvalue weighted by molar-refractivity contribution is -0.870. The standard InChI is InChI=1S/C50H97N2O6P/c1-6-8-10-12-14-16-18-20-21-22-23-24-25-26-27-28-29-30-32-33-35-37-39-41-43-49(53)48(47-58-59(55,56)57-46-45-52(3,4)5)51-50(54)44-42-40-38-36-34-31-19-17-15-13-11-9-7-2/h9,11,15,17,31,34,48-49,53H,6-8,10,12-14,16,18-30,32-33,35-47H2,1-5H3,(H-,51,54,55,56)/b11-9-,17-15-,34-31-. The number of rotatable bonds is 45. The van der Waals surface area contributed by atoms with Gasteiger partial charge in [0.15, 0.2) is 0 Å². The van der Waals surface area contributed by atoms with Crippen molar-refractivity contribution >= 4 is 13.7 Å². The monoisotopic (exact) mass is 853 g/mol. The lowest BCUT2D eigenvalue weighted by atomic mass is 10.0. The molecule has 0 aliphatic carbocycles. The van der Waals surface area contributed by atoms with Gasteiger partial charge in [-0.05, 0) is 44.9 Å². The maximum absolute atomic E-state index is 12.9. The van der Waals surface area contributed by atoms with Crippen LogP contribution in [-0.4, -0.2) is 68.5 Å². The van der Waals surface area contributed by atoms with E-state index in [9.17, 15) is 19.4 Å². The Bertz CT molecular complexity index is 1060. The highest BCUT2D eigenvalue weighted by atomic mass is 31.2. The summed E-state index contributed by atoms with van der Waals surface area (Å²) in [6.07, 6.45) is 51.7. The van der Waals surface area contributed by atoms with Crippen molar-refractivity contribution in [2.45, 2.75) is 238 Å². The molecule has 59 heavy (non-hydrogen) atoms. The Morgan fingerprint density at radius 1 is 0.610 bits per heavy atom. The van der Waals surface area contributed by atoms with E-state index in [2.05, 4.69) is 55.6 Å². The molecule has 0 aliphatic rings. The number of allylic oxidation sites excluding steroid dienone is 6. The fourth-order valence-corrected chi connectivity index (χ4v) is 7.95. The molecule has 9 heteroatoms. The van der Waals surface area contributed by atoms with E-state index in [4.69, 9.17) is 9.05 Å². The van der Waals surface area contributed by atoms with Gasteiger partial charge in [-0.1, -0.05) is 211 Å². The third kappa shape index (κ3) is 44.6. The van der Waals surface area contributed by atoms with Gasteiger partial charge in [-0.15, -0.1) is 0 Å². The molecule has 0 spiro atoms. The van der Waals surface area contributed by atoms with Gasteiger partial charge in [0, 0.05) is 6.42 Å². The van der Waals surface area contributed by atoms with Gasteiger partial charge < -0.3 is 28.8 Å². The van der Waals surface area contributed by atoms with Gasteiger partial charge in [-0.25, -0.2) is 0 Å². The Morgan fingerprint density at radius 3 is 1.49 bits per heavy atom. The molecule has 2 N–H and O–H groups in total. The van der Waals surface area contributed by atoms with Crippen molar-refractivity contribution < 1.29 is 32.9 Å². The van der Waals surface area contributed by atoms with Crippen LogP contribution in [0.2, 0.25) is 0 Å². The zero-order valence-electron chi connectivity index (χ0n) is 39.5. The van der Waals surface area contributed by atoms with Crippen molar-refractivity contribution in [3.63, 3.8) is 0 Å². The molecule has 0 radical (unpaired) electrons. The lowest BCUT2D eigenvalue weighted by Crippen LogP contribution is -2.46. The van der Waals surface area contributed by atoms with Crippen LogP contribution in [0.4, 0.5) is 0 Å². The van der Waals surface area contributed by atoms with E-state index in [1.807, 2.05) is 21.1 Å². The predicted molar refractivity (Wildman–Crippen MR) is 251 cm³/mol. The Labute approximate surface area is 366 Å². The molecular weight excluding hydrogens is 756 g/mol. The zero-order chi connectivity index (χ0) is 43.6. The fraction of sp³-hybridized carbons (Fsp3) is 0.860. The zero-order valence-corrected chi connectivity index (χ0v) is 40.4. The van der Waals surface area contributed by atoms with Crippen LogP contribution < -0.4 is 10.2 Å². The maximum atomic E-state index is 12.9. The molecule has 1 amide bonds. The first-order valence-corrected chi connectivity index (χ1v) is 26.3. The van der Waals surface area contributed by atoms with Crippen LogP contribution in [0.5, 0.6) is 0 Å². The van der Waals surface area contributed by atoms with Gasteiger partial charge in [-0.3, -0.25) is 9.36 Å². The number of carbonyl (C=O) groups excluding carboxylic acids is 1. The first kappa shape index (κ1) is 57.7. The summed E-state index contributed by atoms with van der Waals surface area (Å²) >= 11 is 0. The molecular formula is C50H97N2O6P. The molecule has 0 bridgehead atoms. The molecule has 0 aromatic heterocycles. The lowest BCUT2D eigenvalue weighted by Gasteiger charge is -2.30. The number of carbonyl (C=O) groups is 1. The molecule has 3 unspecified atom stereocenters. The molecule has 0 saturated heterocycles. The average molecular weight is 853 g/mol. The SMILES string of the molecule is CC/C=C\C/C=C\C/C=C\CCCCCC(=O)NC(COP(=O)([O-])OCC[N+](C)(C)C)C(O)CCCCCCCCCCCCCCCCCCCCCCCCCC. The molecule has 348 valence electrons. The second-order valence-corrected chi connectivity index (χ2v) is 19.6. The summed E-state index contributed by atoms with van der Waals surface area (Å²) in [6, 6.07) is -0.815. The highest BCUT2D eigenvalue weighted by molar-refractivity contribution is 7.45. The Hall–Kier alpha value is -1.28. The minimum absolute atomic E-state index is 0.00588. The smallest absolute Gasteiger partial charge is 0.268 e. The molecule has 8 nitrogen and oxygen atoms in total. The van der Waals surface area contributed by atoms with E-state index < -0.39 is 20.0 Å². The van der Waals surface area contributed by atoms with E-state index in [1.165, 1.54) is 135 Å². The van der Waals surface area contributed by atoms with Crippen LogP contribution in [-0.2, 0) is 18.4 Å². The second-order valence-electron chi connectivity index (χ2n) is 18.1. The van der Waals surface area contributed by atoms with Crippen molar-refractivity contribution in [2.24, 2.45) is 0 Å². The van der Waals surface area contributed by atoms with E-state index in [0.29, 0.717) is 23.9 Å². The average Bonchev–Trinajstić information content (AvgIpc) is 3.19. The van der Waals surface area contributed by atoms with Crippen molar-refractivity contribution in [3.05, 3.63) is 36.5 Å². The van der Waals surface area contributed by atoms with Crippen LogP contribution >= 0.6 is 7.82 Å². The van der Waals surface area contributed by atoms with Crippen LogP contribution in [0.3, 0.4) is 0 Å². The number of hydrogen-bond acceptors (Lipinski definition) is 6. The summed E-state index contributed by atoms with van der Waals surface area (Å²) in [5, 5.41) is 13.9. The summed E-state index contributed by atoms with van der Waals surface area (Å²) in [4.78, 5) is 25.3. The van der Waals surface area contributed by atoms with E-state index >= 15 is 0 Å². The third-order valence-corrected chi connectivity index (χ3v) is 12.1. The van der Waals surface area contributed by atoms with Crippen molar-refractivity contribution in [2.75, 3.05) is 40.9 Å². The molecule has 0 saturated carbocycles. The largest absolute Gasteiger partial charge is 0.756 e. The molecule has 0 heterocycles. The molecule has 0 fully saturated rings. The van der Waals surface area contributed by atoms with Gasteiger partial charge in [0.25, 0.3) is 7.82 Å². The normalized spacial score (nSPS) is 14.5. The Balaban J connectivity index is 4.21. The summed E-state index contributed by atoms with van der Waals surface area (Å²) in [5.41, 5.74) is 0. The molecule has 0 rings (SSSR count). The van der Waals surface area contributed by atoms with E-state index in [0.717, 1.165) is 64.2 Å². The number of unbranched alkanes of at least 4 members (excludes halogenated alkanes) is 26. The number of amides is 1. The number of quaternary nitrogens is 1. The molecule has 0 aliphatic heterocycles. The third-order valence-electron chi connectivity index (χ3n) is 11.1. The minimum Gasteiger partial charge on any atom is -0.756 e. The van der Waals surface area contributed by atoms with Crippen molar-refractivity contribution in [1.29, 1.82) is 0 Å². The first-order valence-electron chi connectivity index (χ1n) is 24.8. The molecule has 0 aromatic rings. The Kier molecular flexibility index (Phi) is 41.1. The van der Waals surface area contributed by atoms with Gasteiger partial charge in [0.05, 0.1) is 39.9 Å². The quantitative estimate of drug-likeness (QED) is 0.0273. The number of phosphoric ester groups is 1. The highest BCUT2D eigenvalue weighted by Gasteiger charge is 2.24. The molecule has 0 aromatic carbocycles. The van der Waals surface area contributed by atoms with Crippen LogP contribution in [0.1, 0.15) is 226 Å². The topological polar surface area (TPSA) is 108 Å². The van der Waals surface area contributed by atoms with E-state index in [-0.39, 0.29) is 19.1 Å². The second kappa shape index (κ2) is 42.0. The van der Waals surface area contributed by atoms with Crippen LogP contribution in [0.25, 0.3) is 0 Å². The maximum Gasteiger partial charge on any atom is 0.268 e. The highest BCUT2D eigenvalue weighted by Crippen LogP contribution is 2.38. The summed E-state index contributed by atoms with van der Waals surface area (Å²) in [7, 11) is 1.28. The fourth-order valence-electron chi connectivity index (χ4n) is 7.23. The molecule has 3 atom stereocenters. The number of nitrogens with zero attached hydrogens (tertiary/aromatic N) is 1. The minimum atomic E-state index is -4.57. The number of aliphatic hydroxyl groups is 1. The number of aliphatic hydroxyl groups excluding tert-OH is 1. The summed E-state index contributed by atoms with van der Waals surface area (Å²) < 4.78 is 23.3. The number of nitrogens with one attached hydrogen (secondary N) is 1. The predicted octanol–water partition coefficient (Wildman–Crippen LogP) is 13.6. The van der Waals surface area contributed by atoms with Gasteiger partial charge >= 0.3 is 0 Å².